The molecule has 0 spiro atoms. The van der Waals surface area contributed by atoms with E-state index in [9.17, 15) is 27.9 Å². The number of aliphatic hydroxyl groups is 1. The highest BCUT2D eigenvalue weighted by Crippen LogP contribution is 2.36. The maximum Gasteiger partial charge on any atom is 0.362 e. The number of sulfonamides is 1. The smallest absolute Gasteiger partial charge is 0.362 e. The van der Waals surface area contributed by atoms with Gasteiger partial charge in [0.1, 0.15) is 12.1 Å². The Morgan fingerprint density at radius 3 is 2.05 bits per heavy atom. The highest BCUT2D eigenvalue weighted by molar-refractivity contribution is 7.88. The zero-order valence-electron chi connectivity index (χ0n) is 23.6. The van der Waals surface area contributed by atoms with E-state index in [1.54, 1.807) is 88.4 Å². The van der Waals surface area contributed by atoms with E-state index >= 15 is 0 Å². The van der Waals surface area contributed by atoms with E-state index in [4.69, 9.17) is 4.74 Å². The fraction of sp³-hybridized carbons (Fsp3) is 0.414. The van der Waals surface area contributed by atoms with Crippen LogP contribution in [0.2, 0.25) is 0 Å². The van der Waals surface area contributed by atoms with Crippen molar-refractivity contribution in [3.63, 3.8) is 0 Å². The minimum atomic E-state index is -3.90. The van der Waals surface area contributed by atoms with Gasteiger partial charge in [-0.3, -0.25) is 18.8 Å². The Morgan fingerprint density at radius 2 is 1.57 bits per heavy atom. The summed E-state index contributed by atoms with van der Waals surface area (Å²) in [4.78, 5) is 41.6. The molecule has 0 saturated carbocycles. The quantitative estimate of drug-likeness (QED) is 0.331. The minimum absolute atomic E-state index is 0.0789. The summed E-state index contributed by atoms with van der Waals surface area (Å²) in [5, 5.41) is 14.4. The number of rotatable bonds is 10. The van der Waals surface area contributed by atoms with Gasteiger partial charge in [-0.1, -0.05) is 74.5 Å². The number of hydrogen-bond donors (Lipinski definition) is 2. The molecule has 1 aliphatic heterocycles. The van der Waals surface area contributed by atoms with Crippen LogP contribution in [0.5, 0.6) is 0 Å². The van der Waals surface area contributed by atoms with Gasteiger partial charge in [0.15, 0.2) is 0 Å². The molecule has 40 heavy (non-hydrogen) atoms. The van der Waals surface area contributed by atoms with Crippen molar-refractivity contribution in [2.24, 2.45) is 5.92 Å². The van der Waals surface area contributed by atoms with Crippen LogP contribution in [0.15, 0.2) is 66.9 Å². The van der Waals surface area contributed by atoms with Crippen molar-refractivity contribution >= 4 is 33.5 Å². The Bertz CT molecular complexity index is 1360. The molecule has 2 N–H and O–H groups in total. The first kappa shape index (κ1) is 30.8. The zero-order chi connectivity index (χ0) is 29.8. The van der Waals surface area contributed by atoms with E-state index in [1.807, 2.05) is 0 Å². The monoisotopic (exact) mass is 571 g/mol. The second kappa shape index (κ2) is 12.2. The summed E-state index contributed by atoms with van der Waals surface area (Å²) in [5.41, 5.74) is -1.44. The van der Waals surface area contributed by atoms with Crippen LogP contribution in [0.4, 0.5) is 0 Å². The highest BCUT2D eigenvalue weighted by Gasteiger charge is 2.55. The highest BCUT2D eigenvalue weighted by atomic mass is 32.2. The second-order valence-electron chi connectivity index (χ2n) is 10.5. The third kappa shape index (κ3) is 6.71. The maximum absolute atomic E-state index is 14.4. The molecular weight excluding hydrogens is 534 g/mol. The Balaban J connectivity index is 2.38. The Morgan fingerprint density at radius 1 is 1.02 bits per heavy atom. The molecule has 2 aromatic carbocycles. The molecule has 216 valence electrons. The number of esters is 1. The lowest BCUT2D eigenvalue weighted by molar-refractivity contribution is -0.184. The number of carbonyl (C=O) groups is 3. The van der Waals surface area contributed by atoms with E-state index in [1.165, 1.54) is 11.1 Å². The molecule has 10 nitrogen and oxygen atoms in total. The van der Waals surface area contributed by atoms with Gasteiger partial charge in [-0.05, 0) is 37.3 Å². The van der Waals surface area contributed by atoms with Crippen LogP contribution in [0.3, 0.4) is 0 Å². The first-order valence-corrected chi connectivity index (χ1v) is 14.9. The van der Waals surface area contributed by atoms with Gasteiger partial charge < -0.3 is 15.2 Å². The summed E-state index contributed by atoms with van der Waals surface area (Å²) in [5.74, 6) is -3.02. The molecule has 0 radical (unpaired) electrons. The van der Waals surface area contributed by atoms with E-state index in [0.29, 0.717) is 11.1 Å². The van der Waals surface area contributed by atoms with Crippen molar-refractivity contribution < 1.29 is 32.6 Å². The number of carbonyl (C=O) groups excluding carboxylic acids is 3. The molecule has 2 aromatic rings. The van der Waals surface area contributed by atoms with Gasteiger partial charge >= 0.3 is 5.97 Å². The SMILES string of the molecule is CC(=O)NC(O)(C(=O)OC(C)C)[C@H](Cc1ccccc1)N1C(=O)C(C(C)C)N(S(C)(=O)=O)C=C1c1ccccc1. The summed E-state index contributed by atoms with van der Waals surface area (Å²) in [6.45, 7) is 7.75. The van der Waals surface area contributed by atoms with E-state index in [-0.39, 0.29) is 12.1 Å². The van der Waals surface area contributed by atoms with Crippen LogP contribution >= 0.6 is 0 Å². The standard InChI is InChI=1S/C29H37N3O7S/c1-19(2)26-27(34)32(24(18-31(26)40(6,37)38)23-15-11-8-12-16-23)25(17-22-13-9-7-10-14-22)29(36,30-21(5)33)28(35)39-20(3)4/h7-16,18-20,25-26,36H,17H2,1-6H3,(H,30,33)/t25-,26?,29?/m0/s1. The maximum atomic E-state index is 14.4. The lowest BCUT2D eigenvalue weighted by Crippen LogP contribution is -2.70. The molecular formula is C29H37N3O7S. The van der Waals surface area contributed by atoms with Crippen molar-refractivity contribution in [1.29, 1.82) is 0 Å². The van der Waals surface area contributed by atoms with Gasteiger partial charge in [0.05, 0.1) is 18.1 Å². The molecule has 11 heteroatoms. The number of hydrogen-bond acceptors (Lipinski definition) is 7. The number of nitrogens with zero attached hydrogens (tertiary/aromatic N) is 2. The van der Waals surface area contributed by atoms with Crippen LogP contribution in [0, 0.1) is 5.92 Å². The van der Waals surface area contributed by atoms with Crippen LogP contribution < -0.4 is 5.32 Å². The largest absolute Gasteiger partial charge is 0.459 e. The Hall–Kier alpha value is -3.70. The fourth-order valence-corrected chi connectivity index (χ4v) is 5.80. The third-order valence-electron chi connectivity index (χ3n) is 6.44. The van der Waals surface area contributed by atoms with E-state index < -0.39 is 57.6 Å². The summed E-state index contributed by atoms with van der Waals surface area (Å²) < 4.78 is 32.2. The first-order chi connectivity index (χ1) is 18.7. The summed E-state index contributed by atoms with van der Waals surface area (Å²) in [6, 6.07) is 14.8. The zero-order valence-corrected chi connectivity index (χ0v) is 24.4. The van der Waals surface area contributed by atoms with Crippen molar-refractivity contribution in [2.45, 2.75) is 65.0 Å². The average Bonchev–Trinajstić information content (AvgIpc) is 2.86. The molecule has 2 amide bonds. The topological polar surface area (TPSA) is 133 Å². The summed E-state index contributed by atoms with van der Waals surface area (Å²) >= 11 is 0. The second-order valence-corrected chi connectivity index (χ2v) is 12.4. The molecule has 0 bridgehead atoms. The molecule has 1 aliphatic rings. The van der Waals surface area contributed by atoms with Gasteiger partial charge in [0, 0.05) is 13.1 Å². The van der Waals surface area contributed by atoms with Gasteiger partial charge in [-0.2, -0.15) is 0 Å². The predicted molar refractivity (Wildman–Crippen MR) is 151 cm³/mol. The Labute approximate surface area is 235 Å². The van der Waals surface area contributed by atoms with Crippen LogP contribution in [0.1, 0.15) is 45.7 Å². The molecule has 0 saturated heterocycles. The van der Waals surface area contributed by atoms with Crippen molar-refractivity contribution in [3.05, 3.63) is 78.0 Å². The van der Waals surface area contributed by atoms with E-state index in [0.717, 1.165) is 17.5 Å². The van der Waals surface area contributed by atoms with E-state index in [2.05, 4.69) is 5.32 Å². The first-order valence-electron chi connectivity index (χ1n) is 13.0. The van der Waals surface area contributed by atoms with Gasteiger partial charge in [-0.15, -0.1) is 0 Å². The van der Waals surface area contributed by atoms with Crippen LogP contribution in [0.25, 0.3) is 5.70 Å². The third-order valence-corrected chi connectivity index (χ3v) is 7.54. The molecule has 0 aliphatic carbocycles. The number of ether oxygens (including phenoxy) is 1. The van der Waals surface area contributed by atoms with Gasteiger partial charge in [0.25, 0.3) is 11.6 Å². The van der Waals surface area contributed by atoms with Crippen LogP contribution in [-0.2, 0) is 35.6 Å². The molecule has 0 fully saturated rings. The summed E-state index contributed by atoms with van der Waals surface area (Å²) in [6.07, 6.45) is 1.64. The lowest BCUT2D eigenvalue weighted by Gasteiger charge is -2.47. The van der Waals surface area contributed by atoms with Crippen molar-refractivity contribution in [2.75, 3.05) is 6.26 Å². The lowest BCUT2D eigenvalue weighted by atomic mass is 9.89. The number of benzene rings is 2. The molecule has 3 rings (SSSR count). The Kier molecular flexibility index (Phi) is 9.42. The average molecular weight is 572 g/mol. The van der Waals surface area contributed by atoms with Crippen molar-refractivity contribution in [3.8, 4) is 0 Å². The van der Waals surface area contributed by atoms with Crippen LogP contribution in [-0.4, -0.2) is 70.7 Å². The van der Waals surface area contributed by atoms with Gasteiger partial charge in [-0.25, -0.2) is 13.2 Å². The number of nitrogens with one attached hydrogen (secondary N) is 1. The van der Waals surface area contributed by atoms with Gasteiger partial charge in [0.2, 0.25) is 15.9 Å². The fourth-order valence-electron chi connectivity index (χ4n) is 4.76. The van der Waals surface area contributed by atoms with Crippen molar-refractivity contribution in [1.82, 2.24) is 14.5 Å². The molecule has 3 atom stereocenters. The number of amides is 2. The minimum Gasteiger partial charge on any atom is -0.459 e. The molecule has 2 unspecified atom stereocenters. The summed E-state index contributed by atoms with van der Waals surface area (Å²) in [7, 11) is -3.90. The predicted octanol–water partition coefficient (Wildman–Crippen LogP) is 2.50. The molecule has 0 aromatic heterocycles. The normalized spacial score (nSPS) is 18.3. The molecule has 1 heterocycles.